The molecule has 0 radical (unpaired) electrons. The van der Waals surface area contributed by atoms with Crippen molar-refractivity contribution in [2.75, 3.05) is 26.2 Å². The van der Waals surface area contributed by atoms with Crippen molar-refractivity contribution in [1.29, 1.82) is 0 Å². The minimum absolute atomic E-state index is 0.673. The fraction of sp³-hybridized carbons (Fsp3) is 0.909. The minimum Gasteiger partial charge on any atom is -0.369 e. The summed E-state index contributed by atoms with van der Waals surface area (Å²) in [5, 5.41) is 3.57. The van der Waals surface area contributed by atoms with E-state index in [1.54, 1.807) is 0 Å². The van der Waals surface area contributed by atoms with E-state index in [2.05, 4.69) is 22.1 Å². The monoisotopic (exact) mass is 195 g/mol. The Morgan fingerprint density at radius 2 is 2.21 bits per heavy atom. The van der Waals surface area contributed by atoms with Crippen molar-refractivity contribution in [3.63, 3.8) is 0 Å². The topological polar surface area (TPSA) is 27.6 Å². The number of likely N-dealkylation sites (N-methyl/N-ethyl adjacent to an activating group) is 1. The first-order valence-electron chi connectivity index (χ1n) is 5.90. The molecule has 3 nitrogen and oxygen atoms in total. The Bertz CT molecular complexity index is 207. The van der Waals surface area contributed by atoms with Crippen LogP contribution in [0.3, 0.4) is 0 Å². The Balaban J connectivity index is 1.72. The fourth-order valence-electron chi connectivity index (χ4n) is 2.15. The molecular formula is C11H21N3. The van der Waals surface area contributed by atoms with Gasteiger partial charge in [-0.25, -0.2) is 0 Å². The van der Waals surface area contributed by atoms with E-state index >= 15 is 0 Å². The third kappa shape index (κ3) is 2.47. The van der Waals surface area contributed by atoms with Crippen LogP contribution in [0.4, 0.5) is 0 Å². The summed E-state index contributed by atoms with van der Waals surface area (Å²) >= 11 is 0. The first kappa shape index (κ1) is 9.97. The highest BCUT2D eigenvalue weighted by Gasteiger charge is 2.25. The molecule has 2 aliphatic heterocycles. The number of hydrogen-bond acceptors (Lipinski definition) is 3. The van der Waals surface area contributed by atoms with Gasteiger partial charge in [0, 0.05) is 26.1 Å². The summed E-state index contributed by atoms with van der Waals surface area (Å²) in [6.07, 6.45) is 5.11. The van der Waals surface area contributed by atoms with Crippen molar-refractivity contribution in [2.45, 2.75) is 38.6 Å². The maximum absolute atomic E-state index is 4.58. The molecule has 0 bridgehead atoms. The van der Waals surface area contributed by atoms with Crippen molar-refractivity contribution < 1.29 is 0 Å². The summed E-state index contributed by atoms with van der Waals surface area (Å²) in [6.45, 7) is 6.85. The van der Waals surface area contributed by atoms with E-state index in [1.165, 1.54) is 51.2 Å². The summed E-state index contributed by atoms with van der Waals surface area (Å²) in [6, 6.07) is 0.673. The maximum atomic E-state index is 4.58. The molecule has 0 aromatic carbocycles. The molecule has 80 valence electrons. The number of nitrogens with one attached hydrogen (secondary N) is 1. The van der Waals surface area contributed by atoms with Crippen molar-refractivity contribution in [1.82, 2.24) is 10.2 Å². The van der Waals surface area contributed by atoms with Gasteiger partial charge in [0.1, 0.15) is 0 Å². The quantitative estimate of drug-likeness (QED) is 0.718. The molecule has 1 fully saturated rings. The standard InChI is InChI=1S/C11H21N3/c1-2-14-8-10(9-14)13-11-6-4-3-5-7-12-11/h10H,2-9H2,1H3,(H,12,13). The van der Waals surface area contributed by atoms with Crippen molar-refractivity contribution >= 4 is 5.84 Å². The molecule has 1 N–H and O–H groups in total. The second-order valence-electron chi connectivity index (χ2n) is 4.33. The third-order valence-corrected chi connectivity index (χ3v) is 3.15. The normalized spacial score (nSPS) is 25.1. The molecular weight excluding hydrogens is 174 g/mol. The third-order valence-electron chi connectivity index (χ3n) is 3.15. The summed E-state index contributed by atoms with van der Waals surface area (Å²) in [4.78, 5) is 7.04. The lowest BCUT2D eigenvalue weighted by Crippen LogP contribution is -2.58. The molecule has 0 unspecified atom stereocenters. The van der Waals surface area contributed by atoms with Crippen molar-refractivity contribution in [3.8, 4) is 0 Å². The largest absolute Gasteiger partial charge is 0.369 e. The average molecular weight is 195 g/mol. The number of nitrogens with zero attached hydrogens (tertiary/aromatic N) is 2. The number of hydrogen-bond donors (Lipinski definition) is 1. The van der Waals surface area contributed by atoms with Crippen LogP contribution < -0.4 is 5.32 Å². The van der Waals surface area contributed by atoms with Gasteiger partial charge in [0.25, 0.3) is 0 Å². The van der Waals surface area contributed by atoms with Gasteiger partial charge in [-0.2, -0.15) is 0 Å². The van der Waals surface area contributed by atoms with Gasteiger partial charge in [-0.1, -0.05) is 13.3 Å². The van der Waals surface area contributed by atoms with Gasteiger partial charge in [0.05, 0.1) is 11.9 Å². The number of aliphatic imine (C=N–C) groups is 1. The zero-order chi connectivity index (χ0) is 9.80. The Morgan fingerprint density at radius 3 is 3.00 bits per heavy atom. The summed E-state index contributed by atoms with van der Waals surface area (Å²) < 4.78 is 0. The van der Waals surface area contributed by atoms with E-state index < -0.39 is 0 Å². The summed E-state index contributed by atoms with van der Waals surface area (Å²) in [5.41, 5.74) is 0. The summed E-state index contributed by atoms with van der Waals surface area (Å²) in [5.74, 6) is 1.27. The predicted octanol–water partition coefficient (Wildman–Crippen LogP) is 1.25. The fourth-order valence-corrected chi connectivity index (χ4v) is 2.15. The molecule has 0 amide bonds. The Labute approximate surface area is 86.6 Å². The molecule has 3 heteroatoms. The lowest BCUT2D eigenvalue weighted by atomic mass is 10.1. The first-order chi connectivity index (χ1) is 6.88. The molecule has 0 atom stereocenters. The van der Waals surface area contributed by atoms with Gasteiger partial charge in [0.2, 0.25) is 0 Å². The molecule has 0 aromatic heterocycles. The van der Waals surface area contributed by atoms with Crippen LogP contribution in [-0.2, 0) is 0 Å². The van der Waals surface area contributed by atoms with Gasteiger partial charge in [-0.3, -0.25) is 9.89 Å². The molecule has 0 saturated carbocycles. The Hall–Kier alpha value is -0.570. The average Bonchev–Trinajstić information content (AvgIpc) is 2.38. The second-order valence-corrected chi connectivity index (χ2v) is 4.33. The molecule has 2 rings (SSSR count). The number of rotatable bonds is 2. The van der Waals surface area contributed by atoms with Crippen LogP contribution in [-0.4, -0.2) is 43.0 Å². The zero-order valence-electron chi connectivity index (χ0n) is 9.13. The summed E-state index contributed by atoms with van der Waals surface area (Å²) in [7, 11) is 0. The van der Waals surface area contributed by atoms with E-state index in [-0.39, 0.29) is 0 Å². The lowest BCUT2D eigenvalue weighted by Gasteiger charge is -2.39. The molecule has 0 spiro atoms. The van der Waals surface area contributed by atoms with E-state index in [0.29, 0.717) is 6.04 Å². The number of amidine groups is 1. The highest BCUT2D eigenvalue weighted by atomic mass is 15.2. The lowest BCUT2D eigenvalue weighted by molar-refractivity contribution is 0.147. The van der Waals surface area contributed by atoms with Crippen molar-refractivity contribution in [3.05, 3.63) is 0 Å². The predicted molar refractivity (Wildman–Crippen MR) is 59.8 cm³/mol. The molecule has 0 aliphatic carbocycles. The smallest absolute Gasteiger partial charge is 0.0966 e. The van der Waals surface area contributed by atoms with Crippen LogP contribution in [0.1, 0.15) is 32.6 Å². The Kier molecular flexibility index (Phi) is 3.40. The first-order valence-corrected chi connectivity index (χ1v) is 5.90. The second kappa shape index (κ2) is 4.78. The van der Waals surface area contributed by atoms with Crippen LogP contribution in [0.15, 0.2) is 4.99 Å². The highest BCUT2D eigenvalue weighted by Crippen LogP contribution is 2.10. The zero-order valence-corrected chi connectivity index (χ0v) is 9.13. The molecule has 0 aromatic rings. The SMILES string of the molecule is CCN1CC(NC2=NCCCCC2)C1. The van der Waals surface area contributed by atoms with E-state index in [9.17, 15) is 0 Å². The maximum Gasteiger partial charge on any atom is 0.0966 e. The molecule has 1 saturated heterocycles. The minimum atomic E-state index is 0.673. The van der Waals surface area contributed by atoms with Gasteiger partial charge >= 0.3 is 0 Å². The van der Waals surface area contributed by atoms with Crippen LogP contribution in [0.25, 0.3) is 0 Å². The van der Waals surface area contributed by atoms with Crippen molar-refractivity contribution in [2.24, 2.45) is 4.99 Å². The van der Waals surface area contributed by atoms with E-state index in [1.807, 2.05) is 0 Å². The van der Waals surface area contributed by atoms with Crippen LogP contribution in [0, 0.1) is 0 Å². The van der Waals surface area contributed by atoms with Gasteiger partial charge in [0.15, 0.2) is 0 Å². The van der Waals surface area contributed by atoms with Crippen LogP contribution in [0.2, 0.25) is 0 Å². The van der Waals surface area contributed by atoms with Crippen LogP contribution >= 0.6 is 0 Å². The van der Waals surface area contributed by atoms with E-state index in [4.69, 9.17) is 0 Å². The molecule has 2 heterocycles. The Morgan fingerprint density at radius 1 is 1.36 bits per heavy atom. The highest BCUT2D eigenvalue weighted by molar-refractivity contribution is 5.82. The molecule has 2 aliphatic rings. The van der Waals surface area contributed by atoms with Crippen LogP contribution in [0.5, 0.6) is 0 Å². The van der Waals surface area contributed by atoms with Gasteiger partial charge in [-0.15, -0.1) is 0 Å². The molecule has 14 heavy (non-hydrogen) atoms. The number of likely N-dealkylation sites (tertiary alicyclic amines) is 1. The van der Waals surface area contributed by atoms with E-state index in [0.717, 1.165) is 6.54 Å². The van der Waals surface area contributed by atoms with Gasteiger partial charge < -0.3 is 5.32 Å². The van der Waals surface area contributed by atoms with Gasteiger partial charge in [-0.05, 0) is 19.4 Å².